The van der Waals surface area contributed by atoms with Gasteiger partial charge in [0.15, 0.2) is 0 Å². The minimum absolute atomic E-state index is 0.227. The number of benzene rings is 1. The monoisotopic (exact) mass is 285 g/mol. The summed E-state index contributed by atoms with van der Waals surface area (Å²) in [6, 6.07) is 5.95. The van der Waals surface area contributed by atoms with E-state index in [1.165, 1.54) is 5.56 Å². The molecule has 1 aliphatic rings. The molecule has 0 radical (unpaired) electrons. The van der Waals surface area contributed by atoms with E-state index >= 15 is 0 Å². The van der Waals surface area contributed by atoms with Gasteiger partial charge in [-0.15, -0.1) is 0 Å². The van der Waals surface area contributed by atoms with Crippen molar-refractivity contribution in [3.8, 4) is 5.75 Å². The zero-order valence-corrected chi connectivity index (χ0v) is 10.9. The third-order valence-corrected chi connectivity index (χ3v) is 3.70. The number of nitrogens with two attached hydrogens (primary N) is 1. The molecular formula is C12H16BrNO2. The van der Waals surface area contributed by atoms with Crippen LogP contribution in [0.2, 0.25) is 0 Å². The topological polar surface area (TPSA) is 44.5 Å². The predicted octanol–water partition coefficient (Wildman–Crippen LogP) is 2.12. The average molecular weight is 286 g/mol. The van der Waals surface area contributed by atoms with Crippen LogP contribution < -0.4 is 10.5 Å². The van der Waals surface area contributed by atoms with E-state index < -0.39 is 0 Å². The molecule has 1 fully saturated rings. The van der Waals surface area contributed by atoms with Crippen LogP contribution in [0.15, 0.2) is 22.7 Å². The molecular weight excluding hydrogens is 270 g/mol. The molecule has 16 heavy (non-hydrogen) atoms. The highest BCUT2D eigenvalue weighted by atomic mass is 79.9. The van der Waals surface area contributed by atoms with Gasteiger partial charge in [-0.3, -0.25) is 0 Å². The Morgan fingerprint density at radius 3 is 3.00 bits per heavy atom. The molecule has 0 saturated carbocycles. The van der Waals surface area contributed by atoms with Crippen molar-refractivity contribution < 1.29 is 9.47 Å². The molecule has 0 aliphatic carbocycles. The lowest BCUT2D eigenvalue weighted by molar-refractivity contribution is 0.178. The first-order valence-corrected chi connectivity index (χ1v) is 6.11. The van der Waals surface area contributed by atoms with E-state index in [9.17, 15) is 0 Å². The maximum atomic E-state index is 6.26. The van der Waals surface area contributed by atoms with Crippen molar-refractivity contribution in [2.24, 2.45) is 5.73 Å². The third kappa shape index (κ3) is 2.56. The average Bonchev–Trinajstić information content (AvgIpc) is 2.68. The summed E-state index contributed by atoms with van der Waals surface area (Å²) in [6.07, 6.45) is 1.72. The van der Waals surface area contributed by atoms with Crippen molar-refractivity contribution in [3.05, 3.63) is 28.2 Å². The van der Waals surface area contributed by atoms with Crippen LogP contribution >= 0.6 is 15.9 Å². The van der Waals surface area contributed by atoms with E-state index in [2.05, 4.69) is 15.9 Å². The minimum Gasteiger partial charge on any atom is -0.497 e. The van der Waals surface area contributed by atoms with Crippen molar-refractivity contribution in [1.29, 1.82) is 0 Å². The number of ether oxygens (including phenoxy) is 2. The summed E-state index contributed by atoms with van der Waals surface area (Å²) in [7, 11) is 1.67. The Kier molecular flexibility index (Phi) is 3.52. The molecule has 4 heteroatoms. The SMILES string of the molecule is COc1ccc(Br)c(CC2(N)CCOC2)c1. The fourth-order valence-corrected chi connectivity index (χ4v) is 2.34. The Labute approximate surface area is 104 Å². The number of halogens is 1. The van der Waals surface area contributed by atoms with E-state index in [-0.39, 0.29) is 5.54 Å². The Hall–Kier alpha value is -0.580. The van der Waals surface area contributed by atoms with Gasteiger partial charge < -0.3 is 15.2 Å². The second-order valence-corrected chi connectivity index (χ2v) is 5.15. The second kappa shape index (κ2) is 4.73. The van der Waals surface area contributed by atoms with Crippen molar-refractivity contribution in [3.63, 3.8) is 0 Å². The molecule has 0 aromatic heterocycles. The highest BCUT2D eigenvalue weighted by Crippen LogP contribution is 2.28. The first-order chi connectivity index (χ1) is 7.63. The van der Waals surface area contributed by atoms with Gasteiger partial charge in [0.2, 0.25) is 0 Å². The van der Waals surface area contributed by atoms with Crippen LogP contribution in [-0.4, -0.2) is 25.9 Å². The molecule has 1 aliphatic heterocycles. The molecule has 1 atom stereocenters. The summed E-state index contributed by atoms with van der Waals surface area (Å²) in [6.45, 7) is 1.40. The Bertz CT molecular complexity index is 375. The summed E-state index contributed by atoms with van der Waals surface area (Å²) < 4.78 is 11.6. The molecule has 0 bridgehead atoms. The standard InChI is InChI=1S/C12H16BrNO2/c1-15-10-2-3-11(13)9(6-10)7-12(14)4-5-16-8-12/h2-3,6H,4-5,7-8,14H2,1H3. The van der Waals surface area contributed by atoms with Crippen LogP contribution in [0.25, 0.3) is 0 Å². The molecule has 0 spiro atoms. The first-order valence-electron chi connectivity index (χ1n) is 5.32. The molecule has 2 N–H and O–H groups in total. The van der Waals surface area contributed by atoms with Crippen molar-refractivity contribution in [1.82, 2.24) is 0 Å². The lowest BCUT2D eigenvalue weighted by Gasteiger charge is -2.22. The lowest BCUT2D eigenvalue weighted by atomic mass is 9.91. The Balaban J connectivity index is 2.19. The summed E-state index contributed by atoms with van der Waals surface area (Å²) in [5.74, 6) is 0.862. The van der Waals surface area contributed by atoms with Gasteiger partial charge in [0.25, 0.3) is 0 Å². The molecule has 1 unspecified atom stereocenters. The number of rotatable bonds is 3. The normalized spacial score (nSPS) is 24.7. The molecule has 0 amide bonds. The largest absolute Gasteiger partial charge is 0.497 e. The van der Waals surface area contributed by atoms with Gasteiger partial charge in [-0.1, -0.05) is 15.9 Å². The van der Waals surface area contributed by atoms with E-state index in [4.69, 9.17) is 15.2 Å². The summed E-state index contributed by atoms with van der Waals surface area (Å²) >= 11 is 3.54. The van der Waals surface area contributed by atoms with E-state index in [1.807, 2.05) is 18.2 Å². The molecule has 2 rings (SSSR count). The summed E-state index contributed by atoms with van der Waals surface area (Å²) in [5, 5.41) is 0. The fourth-order valence-electron chi connectivity index (χ4n) is 1.96. The second-order valence-electron chi connectivity index (χ2n) is 4.30. The lowest BCUT2D eigenvalue weighted by Crippen LogP contribution is -2.42. The van der Waals surface area contributed by atoms with Gasteiger partial charge in [-0.25, -0.2) is 0 Å². The highest BCUT2D eigenvalue weighted by Gasteiger charge is 2.31. The third-order valence-electron chi connectivity index (χ3n) is 2.93. The van der Waals surface area contributed by atoms with Gasteiger partial charge in [0.05, 0.1) is 13.7 Å². The Morgan fingerprint density at radius 2 is 2.38 bits per heavy atom. The molecule has 3 nitrogen and oxygen atoms in total. The van der Waals surface area contributed by atoms with Crippen molar-refractivity contribution >= 4 is 15.9 Å². The van der Waals surface area contributed by atoms with Gasteiger partial charge in [0.1, 0.15) is 5.75 Å². The number of methoxy groups -OCH3 is 1. The zero-order valence-electron chi connectivity index (χ0n) is 9.33. The van der Waals surface area contributed by atoms with E-state index in [1.54, 1.807) is 7.11 Å². The Morgan fingerprint density at radius 1 is 1.56 bits per heavy atom. The van der Waals surface area contributed by atoms with Crippen molar-refractivity contribution in [2.45, 2.75) is 18.4 Å². The highest BCUT2D eigenvalue weighted by molar-refractivity contribution is 9.10. The van der Waals surface area contributed by atoms with Crippen molar-refractivity contribution in [2.75, 3.05) is 20.3 Å². The maximum absolute atomic E-state index is 6.26. The minimum atomic E-state index is -0.227. The molecule has 88 valence electrons. The molecule has 1 saturated heterocycles. The maximum Gasteiger partial charge on any atom is 0.119 e. The fraction of sp³-hybridized carbons (Fsp3) is 0.500. The van der Waals surface area contributed by atoms with Crippen LogP contribution in [0.1, 0.15) is 12.0 Å². The molecule has 1 aromatic carbocycles. The first kappa shape index (κ1) is 11.9. The molecule has 1 heterocycles. The number of hydrogen-bond donors (Lipinski definition) is 1. The smallest absolute Gasteiger partial charge is 0.119 e. The van der Waals surface area contributed by atoms with Crippen LogP contribution in [0.4, 0.5) is 0 Å². The van der Waals surface area contributed by atoms with E-state index in [0.717, 1.165) is 29.7 Å². The van der Waals surface area contributed by atoms with Crippen LogP contribution in [0.5, 0.6) is 5.75 Å². The van der Waals surface area contributed by atoms with Gasteiger partial charge in [0, 0.05) is 16.6 Å². The van der Waals surface area contributed by atoms with Crippen LogP contribution in [0.3, 0.4) is 0 Å². The summed E-state index contributed by atoms with van der Waals surface area (Å²) in [4.78, 5) is 0. The zero-order chi connectivity index (χ0) is 11.6. The summed E-state index contributed by atoms with van der Waals surface area (Å²) in [5.41, 5.74) is 7.21. The van der Waals surface area contributed by atoms with Crippen LogP contribution in [-0.2, 0) is 11.2 Å². The van der Waals surface area contributed by atoms with E-state index in [0.29, 0.717) is 6.61 Å². The predicted molar refractivity (Wildman–Crippen MR) is 66.8 cm³/mol. The molecule has 1 aromatic rings. The quantitative estimate of drug-likeness (QED) is 0.925. The van der Waals surface area contributed by atoms with Crippen LogP contribution in [0, 0.1) is 0 Å². The van der Waals surface area contributed by atoms with Gasteiger partial charge in [-0.05, 0) is 36.6 Å². The van der Waals surface area contributed by atoms with Gasteiger partial charge >= 0.3 is 0 Å². The van der Waals surface area contributed by atoms with Gasteiger partial charge in [-0.2, -0.15) is 0 Å². The number of hydrogen-bond acceptors (Lipinski definition) is 3.